The highest BCUT2D eigenvalue weighted by Crippen LogP contribution is 2.21. The molecule has 0 aliphatic carbocycles. The van der Waals surface area contributed by atoms with Gasteiger partial charge in [-0.3, -0.25) is 4.57 Å². The Hall–Kier alpha value is -2.30. The summed E-state index contributed by atoms with van der Waals surface area (Å²) < 4.78 is 6.62. The Kier molecular flexibility index (Phi) is 3.32. The Labute approximate surface area is 105 Å². The molecule has 0 fully saturated rings. The highest BCUT2D eigenvalue weighted by Gasteiger charge is 2.03. The zero-order valence-electron chi connectivity index (χ0n) is 10.4. The third kappa shape index (κ3) is 2.51. The summed E-state index contributed by atoms with van der Waals surface area (Å²) in [5, 5.41) is 0. The Morgan fingerprint density at radius 2 is 2.17 bits per heavy atom. The Morgan fingerprint density at radius 1 is 1.39 bits per heavy atom. The number of rotatable bonds is 3. The number of aryl methyl sites for hydroxylation is 1. The number of aromatic nitrogens is 2. The highest BCUT2D eigenvalue weighted by molar-refractivity contribution is 5.54. The van der Waals surface area contributed by atoms with E-state index >= 15 is 0 Å². The van der Waals surface area contributed by atoms with Crippen molar-refractivity contribution in [1.29, 1.82) is 0 Å². The largest absolute Gasteiger partial charge is 0.495 e. The van der Waals surface area contributed by atoms with Crippen molar-refractivity contribution in [2.45, 2.75) is 13.5 Å². The van der Waals surface area contributed by atoms with Gasteiger partial charge < -0.3 is 10.5 Å². The van der Waals surface area contributed by atoms with Crippen molar-refractivity contribution in [2.75, 3.05) is 12.8 Å². The zero-order valence-corrected chi connectivity index (χ0v) is 10.4. The number of methoxy groups -OCH3 is 1. The van der Waals surface area contributed by atoms with E-state index in [-0.39, 0.29) is 5.69 Å². The molecule has 0 saturated carbocycles. The molecule has 1 aromatic carbocycles. The number of nitrogens with zero attached hydrogens (tertiary/aromatic N) is 2. The fraction of sp³-hybridized carbons (Fsp3) is 0.231. The summed E-state index contributed by atoms with van der Waals surface area (Å²) in [6, 6.07) is 7.26. The number of ether oxygens (including phenoxy) is 1. The summed E-state index contributed by atoms with van der Waals surface area (Å²) in [4.78, 5) is 15.5. The summed E-state index contributed by atoms with van der Waals surface area (Å²) >= 11 is 0. The van der Waals surface area contributed by atoms with Crippen LogP contribution in [0, 0.1) is 6.92 Å². The molecule has 18 heavy (non-hydrogen) atoms. The molecule has 0 aliphatic rings. The zero-order chi connectivity index (χ0) is 13.1. The van der Waals surface area contributed by atoms with Gasteiger partial charge in [0, 0.05) is 11.9 Å². The molecule has 0 bridgehead atoms. The minimum Gasteiger partial charge on any atom is -0.495 e. The Bertz CT molecular complexity index is 620. The van der Waals surface area contributed by atoms with Crippen molar-refractivity contribution < 1.29 is 4.74 Å². The molecule has 0 atom stereocenters. The number of nitrogen functional groups attached to an aromatic ring is 1. The number of nitrogens with two attached hydrogens (primary N) is 1. The van der Waals surface area contributed by atoms with Crippen LogP contribution in [0.2, 0.25) is 0 Å². The van der Waals surface area contributed by atoms with Gasteiger partial charge in [0.25, 0.3) is 0 Å². The second-order valence-electron chi connectivity index (χ2n) is 4.06. The first-order valence-electron chi connectivity index (χ1n) is 5.56. The van der Waals surface area contributed by atoms with Crippen molar-refractivity contribution in [2.24, 2.45) is 0 Å². The van der Waals surface area contributed by atoms with Gasteiger partial charge in [0.05, 0.1) is 19.3 Å². The molecule has 0 saturated heterocycles. The van der Waals surface area contributed by atoms with Crippen LogP contribution in [0.4, 0.5) is 5.69 Å². The Morgan fingerprint density at radius 3 is 2.78 bits per heavy atom. The minimum absolute atomic E-state index is 0.260. The molecule has 0 unspecified atom stereocenters. The van der Waals surface area contributed by atoms with E-state index in [4.69, 9.17) is 10.5 Å². The van der Waals surface area contributed by atoms with Crippen LogP contribution in [0.5, 0.6) is 5.75 Å². The van der Waals surface area contributed by atoms with Crippen LogP contribution in [0.25, 0.3) is 0 Å². The quantitative estimate of drug-likeness (QED) is 0.825. The molecule has 0 spiro atoms. The lowest BCUT2D eigenvalue weighted by atomic mass is 10.2. The van der Waals surface area contributed by atoms with Crippen LogP contribution in [-0.2, 0) is 6.54 Å². The summed E-state index contributed by atoms with van der Waals surface area (Å²) in [6.07, 6.45) is 1.73. The molecule has 5 heteroatoms. The van der Waals surface area contributed by atoms with Gasteiger partial charge in [-0.05, 0) is 30.7 Å². The van der Waals surface area contributed by atoms with Gasteiger partial charge in [-0.2, -0.15) is 4.98 Å². The van der Waals surface area contributed by atoms with E-state index in [1.807, 2.05) is 6.07 Å². The summed E-state index contributed by atoms with van der Waals surface area (Å²) in [7, 11) is 1.57. The molecule has 1 heterocycles. The fourth-order valence-electron chi connectivity index (χ4n) is 1.71. The van der Waals surface area contributed by atoms with Crippen molar-refractivity contribution in [3.05, 3.63) is 52.2 Å². The lowest BCUT2D eigenvalue weighted by Gasteiger charge is -2.08. The first kappa shape index (κ1) is 12.2. The van der Waals surface area contributed by atoms with Gasteiger partial charge in [0.2, 0.25) is 0 Å². The minimum atomic E-state index is -0.260. The molecule has 0 radical (unpaired) electrons. The molecule has 2 rings (SSSR count). The fourth-order valence-corrected chi connectivity index (χ4v) is 1.71. The van der Waals surface area contributed by atoms with Crippen LogP contribution in [0.1, 0.15) is 11.3 Å². The lowest BCUT2D eigenvalue weighted by Crippen LogP contribution is -2.23. The van der Waals surface area contributed by atoms with Crippen molar-refractivity contribution in [3.63, 3.8) is 0 Å². The average Bonchev–Trinajstić information content (AvgIpc) is 2.33. The molecule has 0 amide bonds. The third-order valence-electron chi connectivity index (χ3n) is 2.66. The third-order valence-corrected chi connectivity index (χ3v) is 2.66. The van der Waals surface area contributed by atoms with Gasteiger partial charge in [-0.15, -0.1) is 0 Å². The molecule has 5 nitrogen and oxygen atoms in total. The molecular formula is C13H15N3O2. The maximum absolute atomic E-state index is 11.6. The van der Waals surface area contributed by atoms with Gasteiger partial charge in [0.1, 0.15) is 5.75 Å². The molecule has 2 N–H and O–H groups in total. The Balaban J connectivity index is 2.29. The van der Waals surface area contributed by atoms with Gasteiger partial charge in [-0.1, -0.05) is 6.07 Å². The van der Waals surface area contributed by atoms with Crippen LogP contribution in [0.15, 0.2) is 35.3 Å². The summed E-state index contributed by atoms with van der Waals surface area (Å²) in [5.41, 5.74) is 7.76. The van der Waals surface area contributed by atoms with Crippen molar-refractivity contribution >= 4 is 5.69 Å². The lowest BCUT2D eigenvalue weighted by molar-refractivity contribution is 0.417. The molecular weight excluding hydrogens is 230 g/mol. The molecule has 0 aliphatic heterocycles. The van der Waals surface area contributed by atoms with Crippen LogP contribution in [-0.4, -0.2) is 16.7 Å². The number of benzene rings is 1. The molecule has 1 aromatic heterocycles. The van der Waals surface area contributed by atoms with Crippen molar-refractivity contribution in [3.8, 4) is 5.75 Å². The smallest absolute Gasteiger partial charge is 0.348 e. The second-order valence-corrected chi connectivity index (χ2v) is 4.06. The first-order chi connectivity index (χ1) is 8.60. The normalized spacial score (nSPS) is 10.3. The van der Waals surface area contributed by atoms with E-state index in [9.17, 15) is 4.79 Å². The van der Waals surface area contributed by atoms with Crippen LogP contribution >= 0.6 is 0 Å². The predicted molar refractivity (Wildman–Crippen MR) is 69.7 cm³/mol. The maximum Gasteiger partial charge on any atom is 0.348 e. The summed E-state index contributed by atoms with van der Waals surface area (Å²) in [5.74, 6) is 0.633. The number of hydrogen-bond acceptors (Lipinski definition) is 4. The van der Waals surface area contributed by atoms with E-state index in [0.29, 0.717) is 23.7 Å². The van der Waals surface area contributed by atoms with Gasteiger partial charge in [0.15, 0.2) is 0 Å². The monoisotopic (exact) mass is 245 g/mol. The van der Waals surface area contributed by atoms with E-state index < -0.39 is 0 Å². The van der Waals surface area contributed by atoms with Gasteiger partial charge >= 0.3 is 5.69 Å². The van der Waals surface area contributed by atoms with Crippen molar-refractivity contribution in [1.82, 2.24) is 9.55 Å². The molecule has 94 valence electrons. The predicted octanol–water partition coefficient (Wildman–Crippen LogP) is 1.19. The van der Waals surface area contributed by atoms with E-state index in [1.165, 1.54) is 4.57 Å². The number of anilines is 1. The molecule has 2 aromatic rings. The van der Waals surface area contributed by atoms with Crippen LogP contribution in [0.3, 0.4) is 0 Å². The SMILES string of the molecule is COc1ccc(Cn2ccc(C)nc2=O)cc1N. The summed E-state index contributed by atoms with van der Waals surface area (Å²) in [6.45, 7) is 2.23. The topological polar surface area (TPSA) is 70.1 Å². The van der Waals surface area contributed by atoms with Crippen LogP contribution < -0.4 is 16.2 Å². The van der Waals surface area contributed by atoms with E-state index in [1.54, 1.807) is 38.4 Å². The van der Waals surface area contributed by atoms with E-state index in [0.717, 1.165) is 5.56 Å². The number of hydrogen-bond donors (Lipinski definition) is 1. The second kappa shape index (κ2) is 4.91. The van der Waals surface area contributed by atoms with Gasteiger partial charge in [-0.25, -0.2) is 4.79 Å². The maximum atomic E-state index is 11.6. The average molecular weight is 245 g/mol. The van der Waals surface area contributed by atoms with E-state index in [2.05, 4.69) is 4.98 Å². The highest BCUT2D eigenvalue weighted by atomic mass is 16.5. The first-order valence-corrected chi connectivity index (χ1v) is 5.56. The standard InChI is InChI=1S/C13H15N3O2/c1-9-5-6-16(13(17)15-9)8-10-3-4-12(18-2)11(14)7-10/h3-7H,8,14H2,1-2H3.